The lowest BCUT2D eigenvalue weighted by Crippen LogP contribution is -2.28. The van der Waals surface area contributed by atoms with E-state index in [4.69, 9.17) is 16.7 Å². The van der Waals surface area contributed by atoms with E-state index in [9.17, 15) is 4.79 Å². The van der Waals surface area contributed by atoms with Crippen molar-refractivity contribution in [2.75, 3.05) is 13.1 Å². The number of aromatic carboxylic acids is 1. The molecule has 0 saturated carbocycles. The number of aromatic nitrogens is 1. The van der Waals surface area contributed by atoms with Crippen LogP contribution in [0.1, 0.15) is 27.5 Å². The molecular weight excluding hydrogens is 320 g/mol. The molecule has 0 bridgehead atoms. The van der Waals surface area contributed by atoms with Crippen LogP contribution in [-0.2, 0) is 6.54 Å². The van der Waals surface area contributed by atoms with Gasteiger partial charge in [-0.2, -0.15) is 0 Å². The van der Waals surface area contributed by atoms with Gasteiger partial charge in [0.25, 0.3) is 0 Å². The second kappa shape index (κ2) is 6.60. The predicted octanol–water partition coefficient (Wildman–Crippen LogP) is 3.78. The van der Waals surface area contributed by atoms with Crippen molar-refractivity contribution in [2.45, 2.75) is 13.0 Å². The van der Waals surface area contributed by atoms with Crippen molar-refractivity contribution in [2.24, 2.45) is 0 Å². The van der Waals surface area contributed by atoms with Gasteiger partial charge in [-0.25, -0.2) is 9.78 Å². The maximum atomic E-state index is 10.8. The third-order valence-electron chi connectivity index (χ3n) is 3.64. The Kier molecular flexibility index (Phi) is 4.57. The fraction of sp³-hybridized carbons (Fsp3) is 0.250. The third-order valence-corrected chi connectivity index (χ3v) is 4.72. The molecule has 0 amide bonds. The molecule has 1 aromatic carbocycles. The molecule has 3 rings (SSSR count). The Morgan fingerprint density at radius 1 is 1.36 bits per heavy atom. The molecule has 22 heavy (non-hydrogen) atoms. The highest BCUT2D eigenvalue weighted by atomic mass is 35.5. The second-order valence-corrected chi connectivity index (χ2v) is 6.53. The average Bonchev–Trinajstić information content (AvgIpc) is 2.98. The number of hydrogen-bond donors (Lipinski definition) is 1. The van der Waals surface area contributed by atoms with Gasteiger partial charge in [-0.3, -0.25) is 4.90 Å². The highest BCUT2D eigenvalue weighted by Crippen LogP contribution is 2.24. The molecule has 0 spiro atoms. The molecule has 4 nitrogen and oxygen atoms in total. The van der Waals surface area contributed by atoms with E-state index < -0.39 is 5.97 Å². The highest BCUT2D eigenvalue weighted by molar-refractivity contribution is 7.09. The summed E-state index contributed by atoms with van der Waals surface area (Å²) in [7, 11) is 0. The summed E-state index contributed by atoms with van der Waals surface area (Å²) in [4.78, 5) is 17.2. The van der Waals surface area contributed by atoms with Crippen LogP contribution in [0.4, 0.5) is 0 Å². The first-order valence-corrected chi connectivity index (χ1v) is 8.22. The van der Waals surface area contributed by atoms with Crippen molar-refractivity contribution in [1.29, 1.82) is 0 Å². The van der Waals surface area contributed by atoms with Crippen molar-refractivity contribution in [3.05, 3.63) is 57.0 Å². The lowest BCUT2D eigenvalue weighted by Gasteiger charge is -2.25. The van der Waals surface area contributed by atoms with Crippen LogP contribution >= 0.6 is 22.9 Å². The van der Waals surface area contributed by atoms with Crippen molar-refractivity contribution >= 4 is 34.5 Å². The van der Waals surface area contributed by atoms with Crippen molar-refractivity contribution in [1.82, 2.24) is 9.88 Å². The van der Waals surface area contributed by atoms with Gasteiger partial charge in [0.1, 0.15) is 5.01 Å². The highest BCUT2D eigenvalue weighted by Gasteiger charge is 2.16. The van der Waals surface area contributed by atoms with Crippen LogP contribution < -0.4 is 0 Å². The summed E-state index contributed by atoms with van der Waals surface area (Å²) in [5.41, 5.74) is 2.68. The third kappa shape index (κ3) is 3.55. The number of carbonyl (C=O) groups is 1. The van der Waals surface area contributed by atoms with E-state index in [-0.39, 0.29) is 5.69 Å². The number of carboxylic acids is 1. The van der Waals surface area contributed by atoms with E-state index in [2.05, 4.69) is 16.0 Å². The molecule has 0 atom stereocenters. The first kappa shape index (κ1) is 15.2. The Morgan fingerprint density at radius 2 is 2.14 bits per heavy atom. The fourth-order valence-electron chi connectivity index (χ4n) is 2.45. The number of halogens is 1. The average molecular weight is 335 g/mol. The smallest absolute Gasteiger partial charge is 0.355 e. The summed E-state index contributed by atoms with van der Waals surface area (Å²) in [6.07, 6.45) is 3.19. The van der Waals surface area contributed by atoms with E-state index in [0.29, 0.717) is 6.54 Å². The number of carboxylic acid groups (broad SMARTS) is 1. The summed E-state index contributed by atoms with van der Waals surface area (Å²) in [5.74, 6) is -0.967. The van der Waals surface area contributed by atoms with Crippen LogP contribution in [0.3, 0.4) is 0 Å². The van der Waals surface area contributed by atoms with Gasteiger partial charge < -0.3 is 5.11 Å². The lowest BCUT2D eigenvalue weighted by atomic mass is 10.00. The lowest BCUT2D eigenvalue weighted by molar-refractivity contribution is 0.0691. The molecule has 1 aliphatic heterocycles. The Labute approximate surface area is 137 Å². The van der Waals surface area contributed by atoms with E-state index in [1.807, 2.05) is 24.3 Å². The zero-order valence-corrected chi connectivity index (χ0v) is 13.4. The van der Waals surface area contributed by atoms with Crippen molar-refractivity contribution < 1.29 is 9.90 Å². The normalized spacial score (nSPS) is 15.6. The Bertz CT molecular complexity index is 709. The molecule has 0 aliphatic carbocycles. The van der Waals surface area contributed by atoms with E-state index in [0.717, 1.165) is 29.5 Å². The molecule has 0 unspecified atom stereocenters. The molecule has 0 saturated heterocycles. The molecule has 6 heteroatoms. The van der Waals surface area contributed by atoms with Gasteiger partial charge in [0.05, 0.1) is 6.54 Å². The van der Waals surface area contributed by atoms with Crippen LogP contribution in [-0.4, -0.2) is 34.0 Å². The van der Waals surface area contributed by atoms with Crippen molar-refractivity contribution in [3.63, 3.8) is 0 Å². The summed E-state index contributed by atoms with van der Waals surface area (Å²) in [6.45, 7) is 2.48. The summed E-state index contributed by atoms with van der Waals surface area (Å²) in [6, 6.07) is 7.91. The molecule has 114 valence electrons. The minimum atomic E-state index is -0.967. The predicted molar refractivity (Wildman–Crippen MR) is 88.4 cm³/mol. The molecule has 1 aromatic heterocycles. The first-order chi connectivity index (χ1) is 10.6. The van der Waals surface area contributed by atoms with E-state index in [1.54, 1.807) is 5.38 Å². The molecule has 0 fully saturated rings. The molecule has 1 aliphatic rings. The second-order valence-electron chi connectivity index (χ2n) is 5.15. The van der Waals surface area contributed by atoms with Gasteiger partial charge >= 0.3 is 5.97 Å². The number of hydrogen-bond acceptors (Lipinski definition) is 4. The number of benzene rings is 1. The van der Waals surface area contributed by atoms with Gasteiger partial charge in [0.15, 0.2) is 5.69 Å². The van der Waals surface area contributed by atoms with Gasteiger partial charge in [-0.05, 0) is 29.7 Å². The fourth-order valence-corrected chi connectivity index (χ4v) is 3.39. The summed E-state index contributed by atoms with van der Waals surface area (Å²) in [5, 5.41) is 12.1. The van der Waals surface area contributed by atoms with E-state index >= 15 is 0 Å². The minimum absolute atomic E-state index is 0.134. The van der Waals surface area contributed by atoms with Crippen LogP contribution in [0.2, 0.25) is 5.02 Å². The molecule has 0 radical (unpaired) electrons. The topological polar surface area (TPSA) is 53.4 Å². The van der Waals surface area contributed by atoms with Gasteiger partial charge in [-0.1, -0.05) is 29.8 Å². The van der Waals surface area contributed by atoms with Gasteiger partial charge in [-0.15, -0.1) is 11.3 Å². The zero-order chi connectivity index (χ0) is 15.5. The number of nitrogens with zero attached hydrogens (tertiary/aromatic N) is 2. The molecule has 1 N–H and O–H groups in total. The minimum Gasteiger partial charge on any atom is -0.476 e. The zero-order valence-electron chi connectivity index (χ0n) is 11.8. The van der Waals surface area contributed by atoms with Crippen LogP contribution in [0.15, 0.2) is 35.7 Å². The van der Waals surface area contributed by atoms with Gasteiger partial charge in [0.2, 0.25) is 0 Å². The Balaban J connectivity index is 1.62. The largest absolute Gasteiger partial charge is 0.476 e. The molecule has 2 aromatic rings. The quantitative estimate of drug-likeness (QED) is 0.924. The standard InChI is InChI=1S/C16H15ClN2O2S/c17-13-3-1-11(2-4-13)12-5-7-19(8-6-12)9-15-18-14(10-22-15)16(20)21/h1-5,10H,6-9H2,(H,20,21). The van der Waals surface area contributed by atoms with Crippen LogP contribution in [0.5, 0.6) is 0 Å². The number of thiazole rings is 1. The van der Waals surface area contributed by atoms with Crippen molar-refractivity contribution in [3.8, 4) is 0 Å². The van der Waals surface area contributed by atoms with Crippen LogP contribution in [0, 0.1) is 0 Å². The SMILES string of the molecule is O=C(O)c1csc(CN2CC=C(c3ccc(Cl)cc3)CC2)n1. The maximum Gasteiger partial charge on any atom is 0.355 e. The first-order valence-electron chi connectivity index (χ1n) is 6.97. The van der Waals surface area contributed by atoms with E-state index in [1.165, 1.54) is 22.5 Å². The Morgan fingerprint density at radius 3 is 2.73 bits per heavy atom. The summed E-state index contributed by atoms with van der Waals surface area (Å²) < 4.78 is 0. The van der Waals surface area contributed by atoms with Gasteiger partial charge in [0, 0.05) is 23.5 Å². The molecular formula is C16H15ClN2O2S. The number of rotatable bonds is 4. The molecule has 2 heterocycles. The summed E-state index contributed by atoms with van der Waals surface area (Å²) >= 11 is 7.31. The van der Waals surface area contributed by atoms with Crippen LogP contribution in [0.25, 0.3) is 5.57 Å². The maximum absolute atomic E-state index is 10.8. The monoisotopic (exact) mass is 334 g/mol. The Hall–Kier alpha value is -1.69.